The van der Waals surface area contributed by atoms with Crippen LogP contribution in [0.25, 0.3) is 0 Å². The maximum atomic E-state index is 12.2. The van der Waals surface area contributed by atoms with Gasteiger partial charge in [-0.15, -0.1) is 0 Å². The van der Waals surface area contributed by atoms with Crippen LogP contribution in [0.1, 0.15) is 44.5 Å². The molecule has 1 unspecified atom stereocenters. The van der Waals surface area contributed by atoms with E-state index in [1.807, 2.05) is 45.9 Å². The van der Waals surface area contributed by atoms with Crippen LogP contribution < -0.4 is 10.5 Å². The zero-order chi connectivity index (χ0) is 13.7. The first-order chi connectivity index (χ1) is 8.41. The molecule has 0 saturated heterocycles. The minimum absolute atomic E-state index is 0.0486. The molecule has 0 spiro atoms. The van der Waals surface area contributed by atoms with E-state index in [4.69, 9.17) is 10.5 Å². The predicted octanol–water partition coefficient (Wildman–Crippen LogP) is 3.03. The van der Waals surface area contributed by atoms with Gasteiger partial charge in [0.1, 0.15) is 5.75 Å². The molecule has 0 fully saturated rings. The highest BCUT2D eigenvalue weighted by atomic mass is 16.5. The molecule has 0 aromatic heterocycles. The Morgan fingerprint density at radius 3 is 2.39 bits per heavy atom. The molecular weight excluding hydrogens is 226 g/mol. The molecule has 0 aliphatic carbocycles. The molecule has 0 aliphatic heterocycles. The molecule has 0 amide bonds. The molecule has 0 aliphatic rings. The Labute approximate surface area is 109 Å². The highest BCUT2D eigenvalue weighted by Crippen LogP contribution is 2.22. The van der Waals surface area contributed by atoms with Crippen LogP contribution in [-0.4, -0.2) is 17.9 Å². The van der Waals surface area contributed by atoms with Crippen molar-refractivity contribution in [1.82, 2.24) is 0 Å². The van der Waals surface area contributed by atoms with Crippen LogP contribution in [0.15, 0.2) is 24.3 Å². The maximum absolute atomic E-state index is 12.2. The highest BCUT2D eigenvalue weighted by Gasteiger charge is 2.18. The third-order valence-corrected chi connectivity index (χ3v) is 2.83. The molecule has 1 rings (SSSR count). The molecule has 100 valence electrons. The van der Waals surface area contributed by atoms with Gasteiger partial charge < -0.3 is 10.5 Å². The van der Waals surface area contributed by atoms with Crippen molar-refractivity contribution in [3.8, 4) is 5.75 Å². The molecule has 1 aromatic carbocycles. The standard InChI is InChI=1S/C15H23NO2/c1-10(2)13(16)9-14(17)12-7-5-6-8-15(12)18-11(3)4/h5-8,10-11,13H,9,16H2,1-4H3. The van der Waals surface area contributed by atoms with Crippen LogP contribution in [0.5, 0.6) is 5.75 Å². The average Bonchev–Trinajstić information content (AvgIpc) is 2.28. The molecule has 0 heterocycles. The molecule has 2 N–H and O–H groups in total. The Morgan fingerprint density at radius 1 is 1.22 bits per heavy atom. The first kappa shape index (κ1) is 14.7. The predicted molar refractivity (Wildman–Crippen MR) is 74.0 cm³/mol. The monoisotopic (exact) mass is 249 g/mol. The van der Waals surface area contributed by atoms with Crippen molar-refractivity contribution in [2.45, 2.75) is 46.3 Å². The Balaban J connectivity index is 2.85. The van der Waals surface area contributed by atoms with Crippen molar-refractivity contribution in [2.24, 2.45) is 11.7 Å². The molecule has 0 bridgehead atoms. The Kier molecular flexibility index (Phi) is 5.35. The zero-order valence-electron chi connectivity index (χ0n) is 11.6. The fraction of sp³-hybridized carbons (Fsp3) is 0.533. The lowest BCUT2D eigenvalue weighted by Gasteiger charge is -2.17. The van der Waals surface area contributed by atoms with Crippen LogP contribution in [-0.2, 0) is 0 Å². The summed E-state index contributed by atoms with van der Waals surface area (Å²) in [4.78, 5) is 12.2. The Hall–Kier alpha value is -1.35. The van der Waals surface area contributed by atoms with Crippen LogP contribution in [0, 0.1) is 5.92 Å². The second-order valence-electron chi connectivity index (χ2n) is 5.20. The van der Waals surface area contributed by atoms with E-state index in [1.54, 1.807) is 6.07 Å². The summed E-state index contributed by atoms with van der Waals surface area (Å²) < 4.78 is 5.65. The topological polar surface area (TPSA) is 52.3 Å². The second kappa shape index (κ2) is 6.55. The smallest absolute Gasteiger partial charge is 0.168 e. The van der Waals surface area contributed by atoms with Crippen LogP contribution in [0.3, 0.4) is 0 Å². The SMILES string of the molecule is CC(C)Oc1ccccc1C(=O)CC(N)C(C)C. The first-order valence-corrected chi connectivity index (χ1v) is 6.46. The minimum atomic E-state index is -0.107. The number of benzene rings is 1. The number of hydrogen-bond acceptors (Lipinski definition) is 3. The molecule has 1 aromatic rings. The van der Waals surface area contributed by atoms with Gasteiger partial charge in [0.25, 0.3) is 0 Å². The van der Waals surface area contributed by atoms with Gasteiger partial charge >= 0.3 is 0 Å². The molecular formula is C15H23NO2. The average molecular weight is 249 g/mol. The van der Waals surface area contributed by atoms with E-state index in [9.17, 15) is 4.79 Å². The van der Waals surface area contributed by atoms with Crippen molar-refractivity contribution in [3.63, 3.8) is 0 Å². The minimum Gasteiger partial charge on any atom is -0.490 e. The van der Waals surface area contributed by atoms with Crippen molar-refractivity contribution in [3.05, 3.63) is 29.8 Å². The van der Waals surface area contributed by atoms with E-state index in [-0.39, 0.29) is 17.9 Å². The summed E-state index contributed by atoms with van der Waals surface area (Å²) in [6.07, 6.45) is 0.411. The number of hydrogen-bond donors (Lipinski definition) is 1. The molecule has 1 atom stereocenters. The fourth-order valence-corrected chi connectivity index (χ4v) is 1.61. The first-order valence-electron chi connectivity index (χ1n) is 6.46. The van der Waals surface area contributed by atoms with Crippen LogP contribution >= 0.6 is 0 Å². The third-order valence-electron chi connectivity index (χ3n) is 2.83. The number of carbonyl (C=O) groups is 1. The summed E-state index contributed by atoms with van der Waals surface area (Å²) >= 11 is 0. The number of nitrogens with two attached hydrogens (primary N) is 1. The van der Waals surface area contributed by atoms with Crippen molar-refractivity contribution in [1.29, 1.82) is 0 Å². The van der Waals surface area contributed by atoms with Crippen LogP contribution in [0.4, 0.5) is 0 Å². The third kappa shape index (κ3) is 4.15. The van der Waals surface area contributed by atoms with Crippen molar-refractivity contribution < 1.29 is 9.53 Å². The lowest BCUT2D eigenvalue weighted by atomic mass is 9.96. The molecule has 0 radical (unpaired) electrons. The largest absolute Gasteiger partial charge is 0.490 e. The lowest BCUT2D eigenvalue weighted by Crippen LogP contribution is -2.29. The summed E-state index contributed by atoms with van der Waals surface area (Å²) in [5, 5.41) is 0. The quantitative estimate of drug-likeness (QED) is 0.788. The second-order valence-corrected chi connectivity index (χ2v) is 5.20. The van der Waals surface area contributed by atoms with Gasteiger partial charge in [-0.25, -0.2) is 0 Å². The maximum Gasteiger partial charge on any atom is 0.168 e. The van der Waals surface area contributed by atoms with Crippen molar-refractivity contribution in [2.75, 3.05) is 0 Å². The summed E-state index contributed by atoms with van der Waals surface area (Å²) in [6.45, 7) is 7.94. The summed E-state index contributed by atoms with van der Waals surface area (Å²) in [6, 6.07) is 7.24. The number of Topliss-reactive ketones (excluding diaryl/α,β-unsaturated/α-hetero) is 1. The summed E-state index contributed by atoms with van der Waals surface area (Å²) in [5.41, 5.74) is 6.57. The fourth-order valence-electron chi connectivity index (χ4n) is 1.61. The van der Waals surface area contributed by atoms with Gasteiger partial charge in [0, 0.05) is 12.5 Å². The number of para-hydroxylation sites is 1. The van der Waals surface area contributed by atoms with Gasteiger partial charge in [0.15, 0.2) is 5.78 Å². The van der Waals surface area contributed by atoms with E-state index >= 15 is 0 Å². The van der Waals surface area contributed by atoms with Gasteiger partial charge in [-0.1, -0.05) is 26.0 Å². The summed E-state index contributed by atoms with van der Waals surface area (Å²) in [7, 11) is 0. The normalized spacial score (nSPS) is 12.8. The highest BCUT2D eigenvalue weighted by molar-refractivity contribution is 5.99. The lowest BCUT2D eigenvalue weighted by molar-refractivity contribution is 0.0962. The van der Waals surface area contributed by atoms with E-state index in [0.717, 1.165) is 0 Å². The van der Waals surface area contributed by atoms with E-state index in [1.165, 1.54) is 0 Å². The Morgan fingerprint density at radius 2 is 1.83 bits per heavy atom. The number of carbonyl (C=O) groups excluding carboxylic acids is 1. The van der Waals surface area contributed by atoms with E-state index in [0.29, 0.717) is 23.7 Å². The summed E-state index contributed by atoms with van der Waals surface area (Å²) in [5.74, 6) is 0.994. The Bertz CT molecular complexity index is 399. The van der Waals surface area contributed by atoms with Gasteiger partial charge in [-0.2, -0.15) is 0 Å². The van der Waals surface area contributed by atoms with E-state index in [2.05, 4.69) is 0 Å². The van der Waals surface area contributed by atoms with Gasteiger partial charge in [-0.05, 0) is 31.9 Å². The molecule has 3 nitrogen and oxygen atoms in total. The van der Waals surface area contributed by atoms with E-state index < -0.39 is 0 Å². The number of ketones is 1. The van der Waals surface area contributed by atoms with Gasteiger partial charge in [0.2, 0.25) is 0 Å². The van der Waals surface area contributed by atoms with Crippen molar-refractivity contribution >= 4 is 5.78 Å². The van der Waals surface area contributed by atoms with Gasteiger partial charge in [0.05, 0.1) is 11.7 Å². The van der Waals surface area contributed by atoms with Crippen LogP contribution in [0.2, 0.25) is 0 Å². The molecule has 3 heteroatoms. The van der Waals surface area contributed by atoms with Gasteiger partial charge in [-0.3, -0.25) is 4.79 Å². The zero-order valence-corrected chi connectivity index (χ0v) is 11.6. The number of ether oxygens (including phenoxy) is 1. The molecule has 18 heavy (non-hydrogen) atoms. The molecule has 0 saturated carbocycles. The number of rotatable bonds is 6.